The Balaban J connectivity index is 1.88. The minimum absolute atomic E-state index is 0.0648. The lowest BCUT2D eigenvalue weighted by Gasteiger charge is -2.23. The molecular weight excluding hydrogens is 368 g/mol. The zero-order valence-corrected chi connectivity index (χ0v) is 17.5. The standard InChI is InChI=1S/C24H30O5/c1-4-17-8-10-18(11-9-17)24(25)21-7-5-6-20(21)22-14-19(28-15-26-2)12-13-23(22)29-16-27-3/h8-14,20-21H,4-7,15-16H2,1-3H3/t20-,21+/m1/s1. The summed E-state index contributed by atoms with van der Waals surface area (Å²) < 4.78 is 21.5. The summed E-state index contributed by atoms with van der Waals surface area (Å²) in [6.45, 7) is 2.45. The van der Waals surface area contributed by atoms with E-state index in [4.69, 9.17) is 18.9 Å². The molecule has 156 valence electrons. The van der Waals surface area contributed by atoms with Crippen molar-refractivity contribution >= 4 is 5.78 Å². The van der Waals surface area contributed by atoms with E-state index in [9.17, 15) is 4.79 Å². The summed E-state index contributed by atoms with van der Waals surface area (Å²) in [4.78, 5) is 13.3. The van der Waals surface area contributed by atoms with Crippen LogP contribution < -0.4 is 9.47 Å². The minimum Gasteiger partial charge on any atom is -0.468 e. The summed E-state index contributed by atoms with van der Waals surface area (Å²) in [6.07, 6.45) is 3.81. The molecule has 29 heavy (non-hydrogen) atoms. The maximum atomic E-state index is 13.3. The van der Waals surface area contributed by atoms with E-state index in [0.717, 1.165) is 42.6 Å². The molecule has 0 amide bonds. The highest BCUT2D eigenvalue weighted by Gasteiger charge is 2.36. The molecule has 1 saturated carbocycles. The SMILES string of the molecule is CCc1ccc(C(=O)[C@H]2CCC[C@H]2c2cc(OCOC)ccc2OCOC)cc1. The van der Waals surface area contributed by atoms with Crippen LogP contribution in [0.2, 0.25) is 0 Å². The number of methoxy groups -OCH3 is 2. The number of hydrogen-bond acceptors (Lipinski definition) is 5. The largest absolute Gasteiger partial charge is 0.468 e. The Labute approximate surface area is 172 Å². The van der Waals surface area contributed by atoms with Gasteiger partial charge in [0.2, 0.25) is 0 Å². The van der Waals surface area contributed by atoms with Crippen molar-refractivity contribution in [3.8, 4) is 11.5 Å². The number of aryl methyl sites for hydroxylation is 1. The number of ketones is 1. The van der Waals surface area contributed by atoms with Crippen molar-refractivity contribution in [2.45, 2.75) is 38.5 Å². The second-order valence-electron chi connectivity index (χ2n) is 7.36. The van der Waals surface area contributed by atoms with Crippen LogP contribution in [0.25, 0.3) is 0 Å². The quantitative estimate of drug-likeness (QED) is 0.417. The number of carbonyl (C=O) groups is 1. The van der Waals surface area contributed by atoms with Crippen LogP contribution in [0.5, 0.6) is 11.5 Å². The molecule has 5 nitrogen and oxygen atoms in total. The number of hydrogen-bond donors (Lipinski definition) is 0. The molecule has 5 heteroatoms. The lowest BCUT2D eigenvalue weighted by Crippen LogP contribution is -2.19. The van der Waals surface area contributed by atoms with Gasteiger partial charge in [0.15, 0.2) is 19.4 Å². The molecule has 1 fully saturated rings. The summed E-state index contributed by atoms with van der Waals surface area (Å²) >= 11 is 0. The predicted molar refractivity (Wildman–Crippen MR) is 112 cm³/mol. The number of rotatable bonds is 10. The van der Waals surface area contributed by atoms with E-state index >= 15 is 0 Å². The molecule has 1 aliphatic carbocycles. The third kappa shape index (κ3) is 5.17. The van der Waals surface area contributed by atoms with Crippen molar-refractivity contribution < 1.29 is 23.7 Å². The highest BCUT2D eigenvalue weighted by molar-refractivity contribution is 5.98. The fourth-order valence-corrected chi connectivity index (χ4v) is 4.05. The van der Waals surface area contributed by atoms with Gasteiger partial charge >= 0.3 is 0 Å². The van der Waals surface area contributed by atoms with Crippen molar-refractivity contribution in [3.63, 3.8) is 0 Å². The first-order valence-electron chi connectivity index (χ1n) is 10.2. The molecular formula is C24H30O5. The summed E-state index contributed by atoms with van der Waals surface area (Å²) in [5, 5.41) is 0. The van der Waals surface area contributed by atoms with Gasteiger partial charge < -0.3 is 18.9 Å². The smallest absolute Gasteiger partial charge is 0.188 e. The maximum absolute atomic E-state index is 13.3. The van der Waals surface area contributed by atoms with E-state index in [1.807, 2.05) is 42.5 Å². The van der Waals surface area contributed by atoms with Gasteiger partial charge in [0.05, 0.1) is 0 Å². The molecule has 0 bridgehead atoms. The molecule has 2 aromatic rings. The van der Waals surface area contributed by atoms with Gasteiger partial charge in [-0.25, -0.2) is 0 Å². The second-order valence-corrected chi connectivity index (χ2v) is 7.36. The van der Waals surface area contributed by atoms with Crippen LogP contribution in [0.4, 0.5) is 0 Å². The Morgan fingerprint density at radius 3 is 2.38 bits per heavy atom. The van der Waals surface area contributed by atoms with Gasteiger partial charge in [0.25, 0.3) is 0 Å². The minimum atomic E-state index is -0.0648. The van der Waals surface area contributed by atoms with Crippen LogP contribution in [-0.2, 0) is 15.9 Å². The van der Waals surface area contributed by atoms with Crippen LogP contribution in [0.15, 0.2) is 42.5 Å². The van der Waals surface area contributed by atoms with Crippen LogP contribution in [-0.4, -0.2) is 33.6 Å². The van der Waals surface area contributed by atoms with Crippen LogP contribution in [0.1, 0.15) is 53.6 Å². The third-order valence-corrected chi connectivity index (χ3v) is 5.56. The first kappa shape index (κ1) is 21.3. The molecule has 2 aromatic carbocycles. The van der Waals surface area contributed by atoms with Crippen molar-refractivity contribution in [3.05, 3.63) is 59.2 Å². The van der Waals surface area contributed by atoms with Crippen LogP contribution in [0, 0.1) is 5.92 Å². The van der Waals surface area contributed by atoms with Gasteiger partial charge in [-0.1, -0.05) is 37.6 Å². The van der Waals surface area contributed by atoms with Crippen molar-refractivity contribution in [1.82, 2.24) is 0 Å². The van der Waals surface area contributed by atoms with Gasteiger partial charge in [-0.2, -0.15) is 0 Å². The Hall–Kier alpha value is -2.37. The number of ether oxygens (including phenoxy) is 4. The van der Waals surface area contributed by atoms with Crippen molar-refractivity contribution in [1.29, 1.82) is 0 Å². The summed E-state index contributed by atoms with van der Waals surface area (Å²) in [6, 6.07) is 13.7. The fraction of sp³-hybridized carbons (Fsp3) is 0.458. The molecule has 3 rings (SSSR count). The molecule has 0 unspecified atom stereocenters. The maximum Gasteiger partial charge on any atom is 0.188 e. The number of carbonyl (C=O) groups excluding carboxylic acids is 1. The predicted octanol–water partition coefficient (Wildman–Crippen LogP) is 4.98. The van der Waals surface area contributed by atoms with E-state index in [0.29, 0.717) is 5.75 Å². The van der Waals surface area contributed by atoms with Gasteiger partial charge in [0, 0.05) is 31.3 Å². The second kappa shape index (κ2) is 10.4. The van der Waals surface area contributed by atoms with E-state index < -0.39 is 0 Å². The summed E-state index contributed by atoms with van der Waals surface area (Å²) in [7, 11) is 3.18. The molecule has 0 saturated heterocycles. The first-order chi connectivity index (χ1) is 14.2. The highest BCUT2D eigenvalue weighted by Crippen LogP contribution is 2.45. The number of benzene rings is 2. The van der Waals surface area contributed by atoms with E-state index in [2.05, 4.69) is 6.92 Å². The van der Waals surface area contributed by atoms with Gasteiger partial charge in [-0.15, -0.1) is 0 Å². The molecule has 1 aliphatic rings. The van der Waals surface area contributed by atoms with E-state index in [1.165, 1.54) is 5.56 Å². The first-order valence-corrected chi connectivity index (χ1v) is 10.2. The molecule has 0 heterocycles. The van der Waals surface area contributed by atoms with E-state index in [-0.39, 0.29) is 31.2 Å². The molecule has 0 spiro atoms. The monoisotopic (exact) mass is 398 g/mol. The van der Waals surface area contributed by atoms with Gasteiger partial charge in [0.1, 0.15) is 11.5 Å². The van der Waals surface area contributed by atoms with Crippen molar-refractivity contribution in [2.24, 2.45) is 5.92 Å². The molecule has 0 aromatic heterocycles. The fourth-order valence-electron chi connectivity index (χ4n) is 4.05. The van der Waals surface area contributed by atoms with Crippen LogP contribution in [0.3, 0.4) is 0 Å². The Morgan fingerprint density at radius 1 is 0.966 bits per heavy atom. The van der Waals surface area contributed by atoms with Gasteiger partial charge in [-0.05, 0) is 48.9 Å². The third-order valence-electron chi connectivity index (χ3n) is 5.56. The lowest BCUT2D eigenvalue weighted by molar-refractivity contribution is 0.0473. The average molecular weight is 398 g/mol. The summed E-state index contributed by atoms with van der Waals surface area (Å²) in [5.74, 6) is 1.67. The Bertz CT molecular complexity index is 799. The molecule has 0 aliphatic heterocycles. The normalized spacial score (nSPS) is 18.6. The lowest BCUT2D eigenvalue weighted by atomic mass is 9.83. The highest BCUT2D eigenvalue weighted by atomic mass is 16.7. The molecule has 2 atom stereocenters. The van der Waals surface area contributed by atoms with Crippen LogP contribution >= 0.6 is 0 Å². The zero-order valence-electron chi connectivity index (χ0n) is 17.5. The molecule has 0 radical (unpaired) electrons. The Morgan fingerprint density at radius 2 is 1.69 bits per heavy atom. The van der Waals surface area contributed by atoms with Gasteiger partial charge in [-0.3, -0.25) is 4.79 Å². The molecule has 0 N–H and O–H groups in total. The average Bonchev–Trinajstić information content (AvgIpc) is 3.25. The van der Waals surface area contributed by atoms with E-state index in [1.54, 1.807) is 14.2 Å². The Kier molecular flexibility index (Phi) is 7.67. The topological polar surface area (TPSA) is 54.0 Å². The number of Topliss-reactive ketones (excluding diaryl/α,β-unsaturated/α-hetero) is 1. The van der Waals surface area contributed by atoms with Crippen molar-refractivity contribution in [2.75, 3.05) is 27.8 Å². The summed E-state index contributed by atoms with van der Waals surface area (Å²) in [5.41, 5.74) is 3.02. The zero-order chi connectivity index (χ0) is 20.6.